The fourth-order valence-electron chi connectivity index (χ4n) is 3.29. The summed E-state index contributed by atoms with van der Waals surface area (Å²) in [6, 6.07) is 0.796. The van der Waals surface area contributed by atoms with Gasteiger partial charge < -0.3 is 15.7 Å². The van der Waals surface area contributed by atoms with E-state index in [-0.39, 0.29) is 17.9 Å². The average molecular weight is 238 g/mol. The minimum atomic E-state index is -0.837. The molecule has 3 fully saturated rings. The zero-order valence-corrected chi connectivity index (χ0v) is 9.69. The molecule has 5 nitrogen and oxygen atoms in total. The van der Waals surface area contributed by atoms with Crippen LogP contribution in [0.15, 0.2) is 0 Å². The first-order valence-corrected chi connectivity index (χ1v) is 6.40. The van der Waals surface area contributed by atoms with Gasteiger partial charge in [0.2, 0.25) is 5.91 Å². The molecule has 94 valence electrons. The van der Waals surface area contributed by atoms with Crippen molar-refractivity contribution in [3.63, 3.8) is 0 Å². The number of amides is 1. The molecule has 5 atom stereocenters. The monoisotopic (exact) mass is 238 g/mol. The summed E-state index contributed by atoms with van der Waals surface area (Å²) in [4.78, 5) is 22.5. The standard InChI is InChI=1S/C12H18N2O3/c15-11(9-4-10(9)12(16)17)14-8-2-6-1-7(3-8)13-5-6/h6-10,13H,1-5H2,(H,14,15)(H,16,17). The summed E-state index contributed by atoms with van der Waals surface area (Å²) < 4.78 is 0. The lowest BCUT2D eigenvalue weighted by molar-refractivity contribution is -0.140. The Balaban J connectivity index is 1.51. The molecular formula is C12H18N2O3. The third-order valence-corrected chi connectivity index (χ3v) is 4.29. The molecule has 1 amide bonds. The van der Waals surface area contributed by atoms with Crippen molar-refractivity contribution in [2.24, 2.45) is 17.8 Å². The smallest absolute Gasteiger partial charge is 0.307 e. The number of fused-ring (bicyclic) bond motifs is 2. The van der Waals surface area contributed by atoms with E-state index in [4.69, 9.17) is 5.11 Å². The van der Waals surface area contributed by atoms with Crippen LogP contribution < -0.4 is 10.6 Å². The highest BCUT2D eigenvalue weighted by Crippen LogP contribution is 2.39. The Kier molecular flexibility index (Phi) is 2.58. The molecule has 17 heavy (non-hydrogen) atoms. The van der Waals surface area contributed by atoms with Gasteiger partial charge in [-0.3, -0.25) is 9.59 Å². The molecule has 2 aliphatic carbocycles. The lowest BCUT2D eigenvalue weighted by atomic mass is 9.86. The van der Waals surface area contributed by atoms with Crippen LogP contribution in [0.3, 0.4) is 0 Å². The first-order valence-electron chi connectivity index (χ1n) is 6.40. The summed E-state index contributed by atoms with van der Waals surface area (Å²) in [5.74, 6) is -0.916. The molecule has 3 aliphatic rings. The molecule has 1 heterocycles. The van der Waals surface area contributed by atoms with Crippen molar-refractivity contribution in [2.45, 2.75) is 37.8 Å². The van der Waals surface area contributed by atoms with E-state index in [1.807, 2.05) is 0 Å². The van der Waals surface area contributed by atoms with Crippen molar-refractivity contribution in [1.29, 1.82) is 0 Å². The van der Waals surface area contributed by atoms with Crippen LogP contribution in [0, 0.1) is 17.8 Å². The van der Waals surface area contributed by atoms with E-state index in [0.29, 0.717) is 18.4 Å². The lowest BCUT2D eigenvalue weighted by Crippen LogP contribution is -2.42. The maximum absolute atomic E-state index is 11.8. The molecule has 0 aromatic heterocycles. The predicted molar refractivity (Wildman–Crippen MR) is 60.3 cm³/mol. The van der Waals surface area contributed by atoms with E-state index in [0.717, 1.165) is 19.4 Å². The van der Waals surface area contributed by atoms with E-state index in [1.54, 1.807) is 0 Å². The van der Waals surface area contributed by atoms with Crippen molar-refractivity contribution in [1.82, 2.24) is 10.6 Å². The molecule has 1 saturated heterocycles. The highest BCUT2D eigenvalue weighted by atomic mass is 16.4. The molecule has 0 spiro atoms. The molecule has 1 aliphatic heterocycles. The third kappa shape index (κ3) is 2.16. The van der Waals surface area contributed by atoms with Crippen molar-refractivity contribution in [3.05, 3.63) is 0 Å². The lowest BCUT2D eigenvalue weighted by Gasteiger charge is -2.27. The van der Waals surface area contributed by atoms with Crippen LogP contribution >= 0.6 is 0 Å². The van der Waals surface area contributed by atoms with Crippen molar-refractivity contribution in [3.8, 4) is 0 Å². The zero-order chi connectivity index (χ0) is 12.0. The van der Waals surface area contributed by atoms with Crippen LogP contribution in [0.5, 0.6) is 0 Å². The summed E-state index contributed by atoms with van der Waals surface area (Å²) in [6.07, 6.45) is 3.78. The Labute approximate surface area is 100.0 Å². The summed E-state index contributed by atoms with van der Waals surface area (Å²) >= 11 is 0. The van der Waals surface area contributed by atoms with Gasteiger partial charge in [-0.1, -0.05) is 0 Å². The van der Waals surface area contributed by atoms with Gasteiger partial charge in [0.15, 0.2) is 0 Å². The van der Waals surface area contributed by atoms with Gasteiger partial charge in [-0.25, -0.2) is 0 Å². The highest BCUT2D eigenvalue weighted by Gasteiger charge is 2.49. The van der Waals surface area contributed by atoms with E-state index >= 15 is 0 Å². The van der Waals surface area contributed by atoms with Gasteiger partial charge in [-0.2, -0.15) is 0 Å². The molecule has 5 unspecified atom stereocenters. The minimum Gasteiger partial charge on any atom is -0.481 e. The van der Waals surface area contributed by atoms with Gasteiger partial charge in [0.1, 0.15) is 0 Å². The van der Waals surface area contributed by atoms with Gasteiger partial charge >= 0.3 is 5.97 Å². The van der Waals surface area contributed by atoms with Crippen LogP contribution in [0.4, 0.5) is 0 Å². The van der Waals surface area contributed by atoms with Crippen molar-refractivity contribution < 1.29 is 14.7 Å². The van der Waals surface area contributed by atoms with Crippen molar-refractivity contribution in [2.75, 3.05) is 6.54 Å². The van der Waals surface area contributed by atoms with Gasteiger partial charge in [0.25, 0.3) is 0 Å². The zero-order valence-electron chi connectivity index (χ0n) is 9.69. The van der Waals surface area contributed by atoms with Gasteiger partial charge in [0, 0.05) is 12.1 Å². The topological polar surface area (TPSA) is 78.4 Å². The van der Waals surface area contributed by atoms with E-state index in [2.05, 4.69) is 10.6 Å². The summed E-state index contributed by atoms with van der Waals surface area (Å²) in [7, 11) is 0. The predicted octanol–water partition coefficient (Wildman–Crippen LogP) is -0.0362. The molecule has 0 aromatic carbocycles. The molecular weight excluding hydrogens is 220 g/mol. The number of carbonyl (C=O) groups is 2. The number of rotatable bonds is 3. The summed E-state index contributed by atoms with van der Waals surface area (Å²) in [6.45, 7) is 1.07. The Bertz CT molecular complexity index is 346. The van der Waals surface area contributed by atoms with Gasteiger partial charge in [0.05, 0.1) is 11.8 Å². The van der Waals surface area contributed by atoms with Crippen LogP contribution in [0.1, 0.15) is 25.7 Å². The van der Waals surface area contributed by atoms with Crippen molar-refractivity contribution >= 4 is 11.9 Å². The largest absolute Gasteiger partial charge is 0.481 e. The van der Waals surface area contributed by atoms with Crippen LogP contribution in [-0.4, -0.2) is 35.6 Å². The molecule has 2 bridgehead atoms. The Hall–Kier alpha value is -1.10. The number of hydrogen-bond donors (Lipinski definition) is 3. The van der Waals surface area contributed by atoms with Gasteiger partial charge in [-0.05, 0) is 38.1 Å². The fourth-order valence-corrected chi connectivity index (χ4v) is 3.29. The molecule has 2 saturated carbocycles. The number of carbonyl (C=O) groups excluding carboxylic acids is 1. The number of carboxylic acid groups (broad SMARTS) is 1. The van der Waals surface area contributed by atoms with Crippen LogP contribution in [-0.2, 0) is 9.59 Å². The molecule has 0 radical (unpaired) electrons. The van der Waals surface area contributed by atoms with Crippen LogP contribution in [0.25, 0.3) is 0 Å². The maximum atomic E-state index is 11.8. The minimum absolute atomic E-state index is 0.0521. The SMILES string of the molecule is O=C(O)C1CC1C(=O)NC1CC2CNC(C2)C1. The second-order valence-corrected chi connectivity index (χ2v) is 5.67. The van der Waals surface area contributed by atoms with E-state index in [9.17, 15) is 9.59 Å². The van der Waals surface area contributed by atoms with E-state index in [1.165, 1.54) is 6.42 Å². The Morgan fingerprint density at radius 3 is 2.59 bits per heavy atom. The quantitative estimate of drug-likeness (QED) is 0.645. The maximum Gasteiger partial charge on any atom is 0.307 e. The average Bonchev–Trinajstić information content (AvgIpc) is 3.00. The number of carboxylic acids is 1. The van der Waals surface area contributed by atoms with Gasteiger partial charge in [-0.15, -0.1) is 0 Å². The number of aliphatic carboxylic acids is 1. The molecule has 3 rings (SSSR count). The highest BCUT2D eigenvalue weighted by molar-refractivity contribution is 5.89. The summed E-state index contributed by atoms with van der Waals surface area (Å²) in [5, 5.41) is 15.3. The molecule has 3 N–H and O–H groups in total. The second kappa shape index (κ2) is 3.98. The normalized spacial score (nSPS) is 43.2. The Morgan fingerprint density at radius 1 is 1.12 bits per heavy atom. The number of nitrogens with one attached hydrogen (secondary N) is 2. The number of hydrogen-bond acceptors (Lipinski definition) is 3. The van der Waals surface area contributed by atoms with Crippen LogP contribution in [0.2, 0.25) is 0 Å². The Morgan fingerprint density at radius 2 is 1.94 bits per heavy atom. The first-order chi connectivity index (χ1) is 8.13. The fraction of sp³-hybridized carbons (Fsp3) is 0.833. The summed E-state index contributed by atoms with van der Waals surface area (Å²) in [5.41, 5.74) is 0. The second-order valence-electron chi connectivity index (χ2n) is 5.67. The molecule has 0 aromatic rings. The third-order valence-electron chi connectivity index (χ3n) is 4.29. The molecule has 5 heteroatoms. The van der Waals surface area contributed by atoms with E-state index < -0.39 is 11.9 Å². The first kappa shape index (κ1) is 11.0.